The number of benzene rings is 2. The Morgan fingerprint density at radius 1 is 1.00 bits per heavy atom. The number of urea groups is 1. The van der Waals surface area contributed by atoms with E-state index < -0.39 is 0 Å². The number of anilines is 1. The van der Waals surface area contributed by atoms with Crippen LogP contribution in [0.4, 0.5) is 14.9 Å². The number of hydrogen-bond donors (Lipinski definition) is 1. The highest BCUT2D eigenvalue weighted by Gasteiger charge is 2.21. The van der Waals surface area contributed by atoms with Crippen LogP contribution in [0.2, 0.25) is 5.02 Å². The zero-order valence-electron chi connectivity index (χ0n) is 15.3. The van der Waals surface area contributed by atoms with E-state index in [9.17, 15) is 14.0 Å². The minimum atomic E-state index is -0.369. The topological polar surface area (TPSA) is 52.7 Å². The second-order valence-corrected chi connectivity index (χ2v) is 6.90. The Morgan fingerprint density at radius 2 is 1.75 bits per heavy atom. The molecule has 2 aromatic rings. The van der Waals surface area contributed by atoms with E-state index in [4.69, 9.17) is 11.6 Å². The molecule has 0 aliphatic carbocycles. The number of halogens is 2. The van der Waals surface area contributed by atoms with E-state index in [1.165, 1.54) is 18.2 Å². The highest BCUT2D eigenvalue weighted by molar-refractivity contribution is 6.30. The van der Waals surface area contributed by atoms with E-state index >= 15 is 0 Å². The number of carbonyl (C=O) groups is 2. The van der Waals surface area contributed by atoms with Crippen molar-refractivity contribution >= 4 is 35.3 Å². The lowest BCUT2D eigenvalue weighted by Crippen LogP contribution is -2.39. The molecule has 0 unspecified atom stereocenters. The van der Waals surface area contributed by atoms with E-state index in [1.54, 1.807) is 52.3 Å². The molecular weight excluding hydrogens is 381 g/mol. The van der Waals surface area contributed by atoms with Gasteiger partial charge in [-0.05, 0) is 36.8 Å². The number of hydrogen-bond acceptors (Lipinski definition) is 2. The van der Waals surface area contributed by atoms with Gasteiger partial charge in [0.15, 0.2) is 0 Å². The lowest BCUT2D eigenvalue weighted by atomic mass is 10.2. The Bertz CT molecular complexity index is 887. The first kappa shape index (κ1) is 19.9. The summed E-state index contributed by atoms with van der Waals surface area (Å²) in [5, 5.41) is 3.37. The molecule has 0 spiro atoms. The van der Waals surface area contributed by atoms with Gasteiger partial charge in [-0.15, -0.1) is 0 Å². The van der Waals surface area contributed by atoms with Crippen LogP contribution >= 0.6 is 11.6 Å². The quantitative estimate of drug-likeness (QED) is 0.781. The number of rotatable bonds is 3. The Morgan fingerprint density at radius 3 is 2.54 bits per heavy atom. The highest BCUT2D eigenvalue weighted by Crippen LogP contribution is 2.16. The van der Waals surface area contributed by atoms with Gasteiger partial charge in [0.05, 0.1) is 0 Å². The molecule has 1 N–H and O–H groups in total. The first-order valence-electron chi connectivity index (χ1n) is 9.06. The standard InChI is InChI=1S/C21H21ClFN3O2/c22-17-6-3-7-18(15-17)24-21(28)26-12-4-11-25(13-14-26)20(27)10-9-16-5-1-2-8-19(16)23/h1-3,5-10,15H,4,11-14H2,(H,24,28)/b10-9+. The molecule has 28 heavy (non-hydrogen) atoms. The summed E-state index contributed by atoms with van der Waals surface area (Å²) >= 11 is 5.94. The fraction of sp³-hybridized carbons (Fsp3) is 0.238. The molecule has 0 bridgehead atoms. The predicted molar refractivity (Wildman–Crippen MR) is 109 cm³/mol. The molecule has 1 fully saturated rings. The van der Waals surface area contributed by atoms with Crippen molar-refractivity contribution in [1.82, 2.24) is 9.80 Å². The third-order valence-electron chi connectivity index (χ3n) is 4.48. The van der Waals surface area contributed by atoms with Crippen molar-refractivity contribution in [3.05, 3.63) is 71.0 Å². The minimum absolute atomic E-state index is 0.194. The zero-order chi connectivity index (χ0) is 19.9. The van der Waals surface area contributed by atoms with Crippen molar-refractivity contribution in [3.63, 3.8) is 0 Å². The molecule has 7 heteroatoms. The summed E-state index contributed by atoms with van der Waals surface area (Å²) in [5.41, 5.74) is 0.996. The molecule has 3 amide bonds. The van der Waals surface area contributed by atoms with Crippen LogP contribution in [0.1, 0.15) is 12.0 Å². The van der Waals surface area contributed by atoms with Gasteiger partial charge in [-0.2, -0.15) is 0 Å². The first-order valence-corrected chi connectivity index (χ1v) is 9.44. The fourth-order valence-electron chi connectivity index (χ4n) is 2.99. The molecular formula is C21H21ClFN3O2. The molecule has 2 aromatic carbocycles. The second kappa shape index (κ2) is 9.37. The third-order valence-corrected chi connectivity index (χ3v) is 4.72. The van der Waals surface area contributed by atoms with Crippen LogP contribution < -0.4 is 5.32 Å². The van der Waals surface area contributed by atoms with Crippen molar-refractivity contribution in [1.29, 1.82) is 0 Å². The number of carbonyl (C=O) groups excluding carboxylic acids is 2. The maximum absolute atomic E-state index is 13.7. The summed E-state index contributed by atoms with van der Waals surface area (Å²) < 4.78 is 13.7. The molecule has 1 aliphatic heterocycles. The Balaban J connectivity index is 1.56. The van der Waals surface area contributed by atoms with Crippen LogP contribution in [0, 0.1) is 5.82 Å². The fourth-order valence-corrected chi connectivity index (χ4v) is 3.18. The monoisotopic (exact) mass is 401 g/mol. The largest absolute Gasteiger partial charge is 0.337 e. The molecule has 1 saturated heterocycles. The average molecular weight is 402 g/mol. The van der Waals surface area contributed by atoms with Crippen LogP contribution in [0.15, 0.2) is 54.6 Å². The summed E-state index contributed by atoms with van der Waals surface area (Å²) in [5.74, 6) is -0.563. The van der Waals surface area contributed by atoms with Gasteiger partial charge in [-0.25, -0.2) is 9.18 Å². The van der Waals surface area contributed by atoms with Gasteiger partial charge < -0.3 is 15.1 Å². The lowest BCUT2D eigenvalue weighted by Gasteiger charge is -2.22. The zero-order valence-corrected chi connectivity index (χ0v) is 16.0. The van der Waals surface area contributed by atoms with E-state index in [0.29, 0.717) is 48.9 Å². The summed E-state index contributed by atoms with van der Waals surface area (Å²) in [6.07, 6.45) is 3.52. The minimum Gasteiger partial charge on any atom is -0.337 e. The van der Waals surface area contributed by atoms with Crippen LogP contribution in [0.5, 0.6) is 0 Å². The van der Waals surface area contributed by atoms with Gasteiger partial charge in [-0.3, -0.25) is 4.79 Å². The highest BCUT2D eigenvalue weighted by atomic mass is 35.5. The van der Waals surface area contributed by atoms with Gasteiger partial charge in [0.1, 0.15) is 5.82 Å². The van der Waals surface area contributed by atoms with Gasteiger partial charge in [-0.1, -0.05) is 35.9 Å². The molecule has 3 rings (SSSR count). The number of nitrogens with one attached hydrogen (secondary N) is 1. The smallest absolute Gasteiger partial charge is 0.321 e. The van der Waals surface area contributed by atoms with Gasteiger partial charge >= 0.3 is 6.03 Å². The van der Waals surface area contributed by atoms with Crippen molar-refractivity contribution in [2.45, 2.75) is 6.42 Å². The van der Waals surface area contributed by atoms with Crippen molar-refractivity contribution in [2.24, 2.45) is 0 Å². The van der Waals surface area contributed by atoms with Crippen LogP contribution in [0.25, 0.3) is 6.08 Å². The first-order chi connectivity index (χ1) is 13.5. The second-order valence-electron chi connectivity index (χ2n) is 6.46. The average Bonchev–Trinajstić information content (AvgIpc) is 2.93. The van der Waals surface area contributed by atoms with E-state index in [1.807, 2.05) is 0 Å². The summed E-state index contributed by atoms with van der Waals surface area (Å²) in [6.45, 7) is 1.93. The summed E-state index contributed by atoms with van der Waals surface area (Å²) in [6, 6.07) is 13.0. The SMILES string of the molecule is O=C(/C=C/c1ccccc1F)N1CCCN(C(=O)Nc2cccc(Cl)c2)CC1. The van der Waals surface area contributed by atoms with Crippen molar-refractivity contribution < 1.29 is 14.0 Å². The molecule has 1 aliphatic rings. The lowest BCUT2D eigenvalue weighted by molar-refractivity contribution is -0.125. The van der Waals surface area contributed by atoms with Gasteiger partial charge in [0.2, 0.25) is 5.91 Å². The van der Waals surface area contributed by atoms with Gasteiger partial charge in [0.25, 0.3) is 0 Å². The normalized spacial score (nSPS) is 14.8. The molecule has 0 atom stereocenters. The third kappa shape index (κ3) is 5.33. The molecule has 0 saturated carbocycles. The molecule has 0 aromatic heterocycles. The molecule has 0 radical (unpaired) electrons. The van der Waals surface area contributed by atoms with Crippen LogP contribution in [-0.4, -0.2) is 47.9 Å². The van der Waals surface area contributed by atoms with Crippen molar-refractivity contribution in [3.8, 4) is 0 Å². The Kier molecular flexibility index (Phi) is 6.66. The van der Waals surface area contributed by atoms with Crippen LogP contribution in [0.3, 0.4) is 0 Å². The Hall–Kier alpha value is -2.86. The maximum atomic E-state index is 13.7. The number of amides is 3. The van der Waals surface area contributed by atoms with Crippen LogP contribution in [-0.2, 0) is 4.79 Å². The predicted octanol–water partition coefficient (Wildman–Crippen LogP) is 4.26. The molecule has 5 nitrogen and oxygen atoms in total. The summed E-state index contributed by atoms with van der Waals surface area (Å²) in [7, 11) is 0. The summed E-state index contributed by atoms with van der Waals surface area (Å²) in [4.78, 5) is 28.2. The maximum Gasteiger partial charge on any atom is 0.321 e. The molecule has 146 valence electrons. The molecule has 1 heterocycles. The Labute approximate surface area is 168 Å². The van der Waals surface area contributed by atoms with E-state index in [-0.39, 0.29) is 17.8 Å². The van der Waals surface area contributed by atoms with Gasteiger partial charge in [0, 0.05) is 48.5 Å². The van der Waals surface area contributed by atoms with E-state index in [0.717, 1.165) is 0 Å². The van der Waals surface area contributed by atoms with E-state index in [2.05, 4.69) is 5.32 Å². The van der Waals surface area contributed by atoms with Crippen molar-refractivity contribution in [2.75, 3.05) is 31.5 Å². The number of nitrogens with zero attached hydrogens (tertiary/aromatic N) is 2.